The van der Waals surface area contributed by atoms with Gasteiger partial charge in [0.2, 0.25) is 0 Å². The molecule has 0 aliphatic heterocycles. The maximum atomic E-state index is 10.4. The molecule has 24 heavy (non-hydrogen) atoms. The number of benzene rings is 2. The first kappa shape index (κ1) is 18.9. The van der Waals surface area contributed by atoms with E-state index in [9.17, 15) is 9.59 Å². The second-order valence-electron chi connectivity index (χ2n) is 4.47. The molecule has 0 bridgehead atoms. The molecule has 126 valence electrons. The van der Waals surface area contributed by atoms with Crippen molar-refractivity contribution in [1.29, 1.82) is 0 Å². The normalized spacial score (nSPS) is 10.2. The molecule has 0 atom stereocenters. The fourth-order valence-electron chi connectivity index (χ4n) is 1.57. The third kappa shape index (κ3) is 6.98. The van der Waals surface area contributed by atoms with Crippen LogP contribution in [0.3, 0.4) is 0 Å². The summed E-state index contributed by atoms with van der Waals surface area (Å²) in [6.07, 6.45) is 0. The second-order valence-corrected chi connectivity index (χ2v) is 14.5. The number of ether oxygens (including phenoxy) is 2. The molecule has 2 rings (SSSR count). The molecule has 0 spiro atoms. The van der Waals surface area contributed by atoms with Crippen LogP contribution < -0.4 is 16.7 Å². The molecule has 0 unspecified atom stereocenters. The van der Waals surface area contributed by atoms with E-state index in [1.807, 2.05) is 24.3 Å². The van der Waals surface area contributed by atoms with Crippen molar-refractivity contribution in [2.45, 2.75) is 0 Å². The van der Waals surface area contributed by atoms with Crippen LogP contribution in [0, 0.1) is 0 Å². The first-order valence-corrected chi connectivity index (χ1v) is 16.4. The Morgan fingerprint density at radius 3 is 1.33 bits per heavy atom. The minimum absolute atomic E-state index is 0.284. The van der Waals surface area contributed by atoms with Crippen molar-refractivity contribution in [3.05, 3.63) is 48.5 Å². The van der Waals surface area contributed by atoms with Crippen molar-refractivity contribution in [3.8, 4) is 11.5 Å². The van der Waals surface area contributed by atoms with Crippen molar-refractivity contribution >= 4 is 53.3 Å². The van der Waals surface area contributed by atoms with E-state index in [0.717, 1.165) is 0 Å². The van der Waals surface area contributed by atoms with E-state index in [4.69, 9.17) is 19.7 Å². The van der Waals surface area contributed by atoms with Gasteiger partial charge in [-0.25, -0.2) is 0 Å². The van der Waals surface area contributed by atoms with Gasteiger partial charge in [0.25, 0.3) is 0 Å². The molecule has 0 saturated carbocycles. The topological polar surface area (TPSA) is 93.1 Å². The number of carboxylic acid groups (broad SMARTS) is 2. The summed E-state index contributed by atoms with van der Waals surface area (Å²) in [5.74, 6) is -0.852. The van der Waals surface area contributed by atoms with Crippen LogP contribution in [0.4, 0.5) is 0 Å². The molecule has 0 radical (unpaired) electrons. The van der Waals surface area contributed by atoms with E-state index in [-0.39, 0.29) is 47.3 Å². The Balaban J connectivity index is 1.82. The zero-order valence-electron chi connectivity index (χ0n) is 12.4. The molecule has 2 N–H and O–H groups in total. The van der Waals surface area contributed by atoms with E-state index in [1.54, 1.807) is 24.3 Å². The van der Waals surface area contributed by atoms with Gasteiger partial charge in [-0.3, -0.25) is 0 Å². The molecule has 0 aliphatic rings. The van der Waals surface area contributed by atoms with Crippen LogP contribution in [-0.2, 0) is 9.59 Å². The average Bonchev–Trinajstić information content (AvgIpc) is 2.58. The monoisotopic (exact) mass is 562 g/mol. The molecule has 6 nitrogen and oxygen atoms in total. The quantitative estimate of drug-likeness (QED) is 0.418. The van der Waals surface area contributed by atoms with Crippen molar-refractivity contribution < 1.29 is 29.3 Å². The molecular formula is C16H14O6Te2. The maximum absolute atomic E-state index is 10.4. The van der Waals surface area contributed by atoms with Crippen molar-refractivity contribution in [3.63, 3.8) is 0 Å². The van der Waals surface area contributed by atoms with Gasteiger partial charge >= 0.3 is 156 Å². The molecule has 0 aromatic heterocycles. The Kier molecular flexibility index (Phi) is 7.68. The van der Waals surface area contributed by atoms with E-state index in [1.165, 1.54) is 7.22 Å². The number of aliphatic carboxylic acids is 2. The summed E-state index contributed by atoms with van der Waals surface area (Å²) >= 11 is -0.568. The molecule has 0 saturated heterocycles. The summed E-state index contributed by atoms with van der Waals surface area (Å²) in [5, 5.41) is 17.1. The molecular weight excluding hydrogens is 543 g/mol. The Morgan fingerprint density at radius 1 is 0.708 bits per heavy atom. The van der Waals surface area contributed by atoms with Gasteiger partial charge in [-0.2, -0.15) is 0 Å². The van der Waals surface area contributed by atoms with Gasteiger partial charge in [-0.1, -0.05) is 0 Å². The molecule has 8 heteroatoms. The Hall–Kier alpha value is -1.44. The predicted octanol–water partition coefficient (Wildman–Crippen LogP) is -0.112. The van der Waals surface area contributed by atoms with Gasteiger partial charge in [0.1, 0.15) is 0 Å². The standard InChI is InChI=1S/C16H14O6Te2/c17-15(18)9-21-11-1-5-13(6-2-11)23-24-14-7-3-12(4-8-14)22-10-16(19)20/h1-8H,9-10H2,(H,17,18)(H,19,20). The van der Waals surface area contributed by atoms with Gasteiger partial charge in [0.15, 0.2) is 0 Å². The molecule has 0 aliphatic carbocycles. The van der Waals surface area contributed by atoms with Crippen LogP contribution in [0.25, 0.3) is 0 Å². The van der Waals surface area contributed by atoms with Crippen molar-refractivity contribution in [2.24, 2.45) is 0 Å². The van der Waals surface area contributed by atoms with Crippen LogP contribution in [0.1, 0.15) is 0 Å². The van der Waals surface area contributed by atoms with E-state index < -0.39 is 11.9 Å². The number of hydrogen-bond donors (Lipinski definition) is 2. The van der Waals surface area contributed by atoms with Gasteiger partial charge in [0, 0.05) is 0 Å². The third-order valence-corrected chi connectivity index (χ3v) is 14.5. The number of hydrogen-bond acceptors (Lipinski definition) is 4. The Morgan fingerprint density at radius 2 is 1.04 bits per heavy atom. The molecule has 0 fully saturated rings. The minimum atomic E-state index is -0.990. The number of carbonyl (C=O) groups is 2. The third-order valence-electron chi connectivity index (χ3n) is 2.61. The first-order chi connectivity index (χ1) is 11.5. The van der Waals surface area contributed by atoms with Crippen LogP contribution >= 0.6 is 0 Å². The summed E-state index contributed by atoms with van der Waals surface area (Å²) in [7, 11) is 0. The predicted molar refractivity (Wildman–Crippen MR) is 89.9 cm³/mol. The number of carboxylic acids is 2. The van der Waals surface area contributed by atoms with Gasteiger partial charge in [-0.05, 0) is 0 Å². The molecule has 2 aromatic carbocycles. The zero-order valence-corrected chi connectivity index (χ0v) is 17.0. The van der Waals surface area contributed by atoms with E-state index >= 15 is 0 Å². The van der Waals surface area contributed by atoms with Gasteiger partial charge in [-0.15, -0.1) is 0 Å². The average molecular weight is 557 g/mol. The summed E-state index contributed by atoms with van der Waals surface area (Å²) in [6, 6.07) is 15.2. The summed E-state index contributed by atoms with van der Waals surface area (Å²) in [6.45, 7) is -0.666. The van der Waals surface area contributed by atoms with E-state index in [2.05, 4.69) is 0 Å². The summed E-state index contributed by atoms with van der Waals surface area (Å²) in [4.78, 5) is 20.9. The first-order valence-electron chi connectivity index (χ1n) is 6.77. The van der Waals surface area contributed by atoms with Crippen LogP contribution in [0.15, 0.2) is 48.5 Å². The Labute approximate surface area is 155 Å². The second kappa shape index (κ2) is 9.76. The summed E-state index contributed by atoms with van der Waals surface area (Å²) in [5.41, 5.74) is 0. The van der Waals surface area contributed by atoms with E-state index in [0.29, 0.717) is 11.5 Å². The van der Waals surface area contributed by atoms with Crippen molar-refractivity contribution in [1.82, 2.24) is 0 Å². The molecule has 0 heterocycles. The van der Waals surface area contributed by atoms with Gasteiger partial charge < -0.3 is 0 Å². The Bertz CT molecular complexity index is 623. The molecule has 2 aromatic rings. The molecule has 0 amide bonds. The SMILES string of the molecule is O=C(O)COc1ccc([Te][Te]c2ccc(OCC(=O)O)cc2)cc1. The zero-order chi connectivity index (χ0) is 17.4. The fourth-order valence-corrected chi connectivity index (χ4v) is 11.5. The fraction of sp³-hybridized carbons (Fsp3) is 0.125. The van der Waals surface area contributed by atoms with Gasteiger partial charge in [0.05, 0.1) is 0 Å². The van der Waals surface area contributed by atoms with Crippen LogP contribution in [0.5, 0.6) is 11.5 Å². The van der Waals surface area contributed by atoms with Crippen LogP contribution in [0.2, 0.25) is 0 Å². The number of rotatable bonds is 9. The summed E-state index contributed by atoms with van der Waals surface area (Å²) < 4.78 is 12.8. The van der Waals surface area contributed by atoms with Crippen molar-refractivity contribution in [2.75, 3.05) is 13.2 Å². The van der Waals surface area contributed by atoms with Crippen LogP contribution in [-0.4, -0.2) is 69.5 Å².